The summed E-state index contributed by atoms with van der Waals surface area (Å²) in [5, 5.41) is 6.32. The number of hydrogen-bond acceptors (Lipinski definition) is 6. The van der Waals surface area contributed by atoms with Crippen LogP contribution in [-0.2, 0) is 9.53 Å². The molecule has 3 heterocycles. The molecule has 7 nitrogen and oxygen atoms in total. The molecule has 2 aliphatic heterocycles. The third-order valence-corrected chi connectivity index (χ3v) is 6.24. The second-order valence-corrected chi connectivity index (χ2v) is 8.71. The van der Waals surface area contributed by atoms with E-state index in [1.165, 1.54) is 6.42 Å². The fraction of sp³-hybridized carbons (Fsp3) is 0.435. The van der Waals surface area contributed by atoms with Crippen molar-refractivity contribution in [1.29, 1.82) is 0 Å². The number of piperidine rings is 1. The third kappa shape index (κ3) is 5.31. The van der Waals surface area contributed by atoms with Crippen molar-refractivity contribution in [3.8, 4) is 0 Å². The van der Waals surface area contributed by atoms with E-state index in [0.717, 1.165) is 50.0 Å². The first-order chi connectivity index (χ1) is 15.2. The molecule has 0 radical (unpaired) electrons. The molecule has 2 unspecified atom stereocenters. The highest BCUT2D eigenvalue weighted by atomic mass is 79.9. The number of amides is 1. The Bertz CT molecular complexity index is 927. The first kappa shape index (κ1) is 21.9. The standard InChI is InChI=1S/C23H27BrN4O3/c24-22-6-4-5-18(26-22)23(30)27-19-13-16(17(15-29)21-14-25-9-12-31-21)7-8-20(19)28-10-2-1-3-11-28/h4-8,13,15,17,21,25H,1-3,9-12,14H2,(H,27,30). The van der Waals surface area contributed by atoms with Crippen LogP contribution in [0.2, 0.25) is 0 Å². The lowest BCUT2D eigenvalue weighted by atomic mass is 9.92. The molecule has 2 saturated heterocycles. The minimum atomic E-state index is -0.400. The molecule has 1 aromatic heterocycles. The molecule has 2 fully saturated rings. The molecule has 164 valence electrons. The summed E-state index contributed by atoms with van der Waals surface area (Å²) in [7, 11) is 0. The quantitative estimate of drug-likeness (QED) is 0.481. The number of carbonyl (C=O) groups is 2. The van der Waals surface area contributed by atoms with Gasteiger partial charge in [0, 0.05) is 26.2 Å². The van der Waals surface area contributed by atoms with Crippen LogP contribution in [0.25, 0.3) is 0 Å². The van der Waals surface area contributed by atoms with Gasteiger partial charge in [0.1, 0.15) is 16.6 Å². The predicted octanol–water partition coefficient (Wildman–Crippen LogP) is 3.36. The SMILES string of the molecule is O=CC(c1ccc(N2CCCCC2)c(NC(=O)c2cccc(Br)n2)c1)C1CNCCO1. The van der Waals surface area contributed by atoms with Crippen LogP contribution in [0.1, 0.15) is 41.2 Å². The minimum Gasteiger partial charge on any atom is -0.374 e. The lowest BCUT2D eigenvalue weighted by Gasteiger charge is -2.32. The van der Waals surface area contributed by atoms with E-state index in [4.69, 9.17) is 4.74 Å². The fourth-order valence-electron chi connectivity index (χ4n) is 4.19. The first-order valence-corrected chi connectivity index (χ1v) is 11.6. The highest BCUT2D eigenvalue weighted by Crippen LogP contribution is 2.33. The van der Waals surface area contributed by atoms with Crippen LogP contribution in [0.3, 0.4) is 0 Å². The summed E-state index contributed by atoms with van der Waals surface area (Å²) in [6.07, 6.45) is 4.19. The molecule has 8 heteroatoms. The minimum absolute atomic E-state index is 0.220. The van der Waals surface area contributed by atoms with Crippen LogP contribution in [0, 0.1) is 0 Å². The van der Waals surface area contributed by atoms with Crippen molar-refractivity contribution in [2.45, 2.75) is 31.3 Å². The molecule has 1 amide bonds. The summed E-state index contributed by atoms with van der Waals surface area (Å²) in [5.74, 6) is -0.683. The van der Waals surface area contributed by atoms with Gasteiger partial charge in [-0.25, -0.2) is 4.98 Å². The number of rotatable bonds is 6. The van der Waals surface area contributed by atoms with Gasteiger partial charge in [0.15, 0.2) is 0 Å². The Labute approximate surface area is 190 Å². The lowest BCUT2D eigenvalue weighted by molar-refractivity contribution is -0.113. The monoisotopic (exact) mass is 486 g/mol. The lowest BCUT2D eigenvalue weighted by Crippen LogP contribution is -2.42. The second-order valence-electron chi connectivity index (χ2n) is 7.90. The van der Waals surface area contributed by atoms with Gasteiger partial charge in [-0.15, -0.1) is 0 Å². The Hall–Kier alpha value is -2.29. The maximum absolute atomic E-state index is 12.9. The van der Waals surface area contributed by atoms with E-state index in [1.807, 2.05) is 18.2 Å². The molecule has 31 heavy (non-hydrogen) atoms. The van der Waals surface area contributed by atoms with Gasteiger partial charge < -0.3 is 25.1 Å². The van der Waals surface area contributed by atoms with E-state index in [1.54, 1.807) is 18.2 Å². The zero-order valence-corrected chi connectivity index (χ0v) is 18.9. The molecule has 1 aromatic carbocycles. The maximum atomic E-state index is 12.9. The number of aromatic nitrogens is 1. The van der Waals surface area contributed by atoms with Gasteiger partial charge in [0.2, 0.25) is 0 Å². The van der Waals surface area contributed by atoms with Gasteiger partial charge in [0.25, 0.3) is 5.91 Å². The first-order valence-electron chi connectivity index (χ1n) is 10.8. The van der Waals surface area contributed by atoms with E-state index in [9.17, 15) is 9.59 Å². The number of nitrogens with zero attached hydrogens (tertiary/aromatic N) is 2. The number of morpholine rings is 1. The number of nitrogens with one attached hydrogen (secondary N) is 2. The van der Waals surface area contributed by atoms with Crippen LogP contribution < -0.4 is 15.5 Å². The molecular weight excluding hydrogens is 460 g/mol. The average molecular weight is 487 g/mol. The van der Waals surface area contributed by atoms with Crippen LogP contribution in [0.4, 0.5) is 11.4 Å². The Morgan fingerprint density at radius 2 is 2.10 bits per heavy atom. The van der Waals surface area contributed by atoms with E-state index >= 15 is 0 Å². The number of aldehydes is 1. The van der Waals surface area contributed by atoms with E-state index < -0.39 is 5.92 Å². The number of carbonyl (C=O) groups excluding carboxylic acids is 2. The summed E-state index contributed by atoms with van der Waals surface area (Å²) in [5.41, 5.74) is 2.83. The van der Waals surface area contributed by atoms with Gasteiger partial charge in [-0.2, -0.15) is 0 Å². The van der Waals surface area contributed by atoms with Crippen molar-refractivity contribution in [3.63, 3.8) is 0 Å². The number of hydrogen-bond donors (Lipinski definition) is 2. The molecule has 0 spiro atoms. The van der Waals surface area contributed by atoms with Crippen LogP contribution >= 0.6 is 15.9 Å². The van der Waals surface area contributed by atoms with Crippen LogP contribution in [0.15, 0.2) is 41.0 Å². The molecule has 2 N–H and O–H groups in total. The van der Waals surface area contributed by atoms with Crippen molar-refractivity contribution >= 4 is 39.5 Å². The van der Waals surface area contributed by atoms with Gasteiger partial charge in [0.05, 0.1) is 30.0 Å². The van der Waals surface area contributed by atoms with Crippen molar-refractivity contribution in [3.05, 3.63) is 52.3 Å². The normalized spacial score (nSPS) is 20.2. The van der Waals surface area contributed by atoms with Crippen LogP contribution in [0.5, 0.6) is 0 Å². The summed E-state index contributed by atoms with van der Waals surface area (Å²) in [6.45, 7) is 3.89. The summed E-state index contributed by atoms with van der Waals surface area (Å²) in [6, 6.07) is 11.1. The Morgan fingerprint density at radius 3 is 2.81 bits per heavy atom. The van der Waals surface area contributed by atoms with Crippen molar-refractivity contribution < 1.29 is 14.3 Å². The third-order valence-electron chi connectivity index (χ3n) is 5.80. The summed E-state index contributed by atoms with van der Waals surface area (Å²) in [4.78, 5) is 31.5. The Kier molecular flexibility index (Phi) is 7.32. The average Bonchev–Trinajstić information content (AvgIpc) is 2.81. The molecule has 0 bridgehead atoms. The van der Waals surface area contributed by atoms with E-state index in [0.29, 0.717) is 29.1 Å². The second kappa shape index (κ2) is 10.3. The maximum Gasteiger partial charge on any atom is 0.274 e. The topological polar surface area (TPSA) is 83.6 Å². The molecule has 4 rings (SSSR count). The zero-order chi connectivity index (χ0) is 21.6. The fourth-order valence-corrected chi connectivity index (χ4v) is 4.53. The van der Waals surface area contributed by atoms with Crippen molar-refractivity contribution in [2.75, 3.05) is 43.0 Å². The van der Waals surface area contributed by atoms with Gasteiger partial charge in [-0.05, 0) is 65.0 Å². The number of pyridine rings is 1. The number of halogens is 1. The largest absolute Gasteiger partial charge is 0.374 e. The Morgan fingerprint density at radius 1 is 1.26 bits per heavy atom. The number of ether oxygens (including phenoxy) is 1. The van der Waals surface area contributed by atoms with Crippen LogP contribution in [-0.4, -0.2) is 56.1 Å². The van der Waals surface area contributed by atoms with Gasteiger partial charge in [-0.1, -0.05) is 12.1 Å². The molecule has 0 saturated carbocycles. The van der Waals surface area contributed by atoms with Gasteiger partial charge >= 0.3 is 0 Å². The number of anilines is 2. The van der Waals surface area contributed by atoms with Crippen molar-refractivity contribution in [2.24, 2.45) is 0 Å². The molecule has 2 atom stereocenters. The van der Waals surface area contributed by atoms with Crippen molar-refractivity contribution in [1.82, 2.24) is 10.3 Å². The predicted molar refractivity (Wildman–Crippen MR) is 124 cm³/mol. The van der Waals surface area contributed by atoms with Gasteiger partial charge in [-0.3, -0.25) is 4.79 Å². The number of benzene rings is 1. The smallest absolute Gasteiger partial charge is 0.274 e. The van der Waals surface area contributed by atoms with E-state index in [2.05, 4.69) is 36.4 Å². The zero-order valence-electron chi connectivity index (χ0n) is 17.4. The molecule has 2 aromatic rings. The molecule has 0 aliphatic carbocycles. The highest BCUT2D eigenvalue weighted by molar-refractivity contribution is 9.10. The summed E-state index contributed by atoms with van der Waals surface area (Å²) < 4.78 is 6.43. The Balaban J connectivity index is 1.65. The van der Waals surface area contributed by atoms with E-state index in [-0.39, 0.29) is 12.0 Å². The highest BCUT2D eigenvalue weighted by Gasteiger charge is 2.27. The molecule has 2 aliphatic rings. The molecular formula is C23H27BrN4O3. The summed E-state index contributed by atoms with van der Waals surface area (Å²) >= 11 is 3.32.